The highest BCUT2D eigenvalue weighted by atomic mass is 15.8. The van der Waals surface area contributed by atoms with Gasteiger partial charge in [0.05, 0.1) is 45.5 Å². The van der Waals surface area contributed by atoms with Crippen molar-refractivity contribution in [2.45, 2.75) is 5.91 Å². The van der Waals surface area contributed by atoms with E-state index in [1.165, 1.54) is 67.0 Å². The summed E-state index contributed by atoms with van der Waals surface area (Å²) in [7, 11) is 0. The zero-order valence-electron chi connectivity index (χ0n) is 19.8. The predicted molar refractivity (Wildman–Crippen MR) is 152 cm³/mol. The number of fused-ring (bicyclic) bond motifs is 10. The fraction of sp³-hybridized carbons (Fsp3) is 0.0303. The molecule has 10 rings (SSSR count). The topological polar surface area (TPSA) is 13.0 Å². The van der Waals surface area contributed by atoms with E-state index in [0.717, 1.165) is 0 Å². The van der Waals surface area contributed by atoms with Crippen LogP contribution in [0.5, 0.6) is 0 Å². The normalized spacial score (nSPS) is 16.6. The van der Waals surface area contributed by atoms with Gasteiger partial charge in [-0.25, -0.2) is 0 Å². The van der Waals surface area contributed by atoms with Crippen LogP contribution < -0.4 is 19.6 Å². The lowest BCUT2D eigenvalue weighted by Crippen LogP contribution is -2.72. The molecular weight excluding hydrogens is 452 g/mol. The molecular formula is C33H20N4. The molecule has 4 heterocycles. The van der Waals surface area contributed by atoms with Crippen LogP contribution >= 0.6 is 0 Å². The molecule has 0 amide bonds. The van der Waals surface area contributed by atoms with Crippen molar-refractivity contribution in [3.63, 3.8) is 0 Å². The Morgan fingerprint density at radius 2 is 0.568 bits per heavy atom. The number of anilines is 8. The van der Waals surface area contributed by atoms with Crippen molar-refractivity contribution in [1.29, 1.82) is 0 Å². The van der Waals surface area contributed by atoms with E-state index in [2.05, 4.69) is 141 Å². The summed E-state index contributed by atoms with van der Waals surface area (Å²) in [6.07, 6.45) is 0. The molecule has 6 aromatic rings. The standard InChI is InChI=1S/C33H20N4/c1-2-14-24-23(13-1)34-27-17-5-9-21-10-7-19-29(31(21)27)36-25-15-3-4-16-26(25)37-30-20-8-12-22-11-6-18-28(32(22)30)35(24)33(34,36)37/h1-20H. The molecule has 0 N–H and O–H groups in total. The highest BCUT2D eigenvalue weighted by molar-refractivity contribution is 6.20. The lowest BCUT2D eigenvalue weighted by Gasteiger charge is -2.57. The van der Waals surface area contributed by atoms with E-state index in [9.17, 15) is 0 Å². The molecule has 1 spiro atoms. The van der Waals surface area contributed by atoms with E-state index in [1.807, 2.05) is 0 Å². The molecule has 4 heteroatoms. The Kier molecular flexibility index (Phi) is 2.91. The van der Waals surface area contributed by atoms with E-state index in [-0.39, 0.29) is 0 Å². The first kappa shape index (κ1) is 18.3. The number of nitrogens with zero attached hydrogens (tertiary/aromatic N) is 4. The summed E-state index contributed by atoms with van der Waals surface area (Å²) in [4.78, 5) is 10.3. The van der Waals surface area contributed by atoms with Gasteiger partial charge in [-0.05, 0) is 59.3 Å². The molecule has 0 unspecified atom stereocenters. The third-order valence-corrected chi connectivity index (χ3v) is 8.61. The Balaban J connectivity index is 1.48. The summed E-state index contributed by atoms with van der Waals surface area (Å²) < 4.78 is 0. The van der Waals surface area contributed by atoms with Gasteiger partial charge in [0.2, 0.25) is 0 Å². The van der Waals surface area contributed by atoms with Crippen LogP contribution in [-0.4, -0.2) is 5.91 Å². The minimum Gasteiger partial charge on any atom is -0.279 e. The second-order valence-corrected chi connectivity index (χ2v) is 10.2. The Morgan fingerprint density at radius 1 is 0.297 bits per heavy atom. The van der Waals surface area contributed by atoms with Crippen LogP contribution in [0.1, 0.15) is 0 Å². The van der Waals surface area contributed by atoms with Gasteiger partial charge in [-0.1, -0.05) is 72.8 Å². The van der Waals surface area contributed by atoms with Crippen molar-refractivity contribution in [1.82, 2.24) is 0 Å². The quantitative estimate of drug-likeness (QED) is 0.220. The van der Waals surface area contributed by atoms with E-state index < -0.39 is 5.91 Å². The number of rotatable bonds is 0. The van der Waals surface area contributed by atoms with Gasteiger partial charge in [-0.2, -0.15) is 0 Å². The van der Waals surface area contributed by atoms with Gasteiger partial charge >= 0.3 is 0 Å². The number of para-hydroxylation sites is 4. The summed E-state index contributed by atoms with van der Waals surface area (Å²) in [5, 5.41) is 5.10. The van der Waals surface area contributed by atoms with Crippen molar-refractivity contribution in [3.8, 4) is 0 Å². The summed E-state index contributed by atoms with van der Waals surface area (Å²) in [6, 6.07) is 44.7. The maximum atomic E-state index is 2.58. The predicted octanol–water partition coefficient (Wildman–Crippen LogP) is 8.51. The third kappa shape index (κ3) is 1.79. The first-order valence-electron chi connectivity index (χ1n) is 12.8. The van der Waals surface area contributed by atoms with E-state index in [4.69, 9.17) is 0 Å². The molecule has 6 aromatic carbocycles. The van der Waals surface area contributed by atoms with Gasteiger partial charge < -0.3 is 0 Å². The van der Waals surface area contributed by atoms with Crippen LogP contribution in [0.25, 0.3) is 21.5 Å². The molecule has 0 bridgehead atoms. The molecule has 0 aliphatic carbocycles. The fourth-order valence-electron chi connectivity index (χ4n) is 7.45. The van der Waals surface area contributed by atoms with Crippen molar-refractivity contribution in [3.05, 3.63) is 121 Å². The molecule has 4 nitrogen and oxygen atoms in total. The molecule has 4 aliphatic rings. The smallest absolute Gasteiger partial charge is 0.279 e. The van der Waals surface area contributed by atoms with Crippen LogP contribution in [0, 0.1) is 0 Å². The van der Waals surface area contributed by atoms with Crippen LogP contribution in [0.4, 0.5) is 45.5 Å². The van der Waals surface area contributed by atoms with Crippen LogP contribution in [0.15, 0.2) is 121 Å². The van der Waals surface area contributed by atoms with Crippen molar-refractivity contribution in [2.24, 2.45) is 0 Å². The Morgan fingerprint density at radius 3 is 0.865 bits per heavy atom. The molecule has 172 valence electrons. The van der Waals surface area contributed by atoms with Crippen molar-refractivity contribution >= 4 is 67.0 Å². The van der Waals surface area contributed by atoms with E-state index in [1.54, 1.807) is 0 Å². The summed E-state index contributed by atoms with van der Waals surface area (Å²) >= 11 is 0. The SMILES string of the molecule is c1ccc2c(c1)N1c3cccc4cccc(c34)N3c4ccccc4N4c5cccc6cccc(c56)N2C134. The second-order valence-electron chi connectivity index (χ2n) is 10.2. The molecule has 0 aromatic heterocycles. The van der Waals surface area contributed by atoms with Crippen LogP contribution in [-0.2, 0) is 0 Å². The largest absolute Gasteiger partial charge is 0.295 e. The maximum absolute atomic E-state index is 2.58. The Hall–Kier alpha value is -4.96. The number of hydrogen-bond acceptors (Lipinski definition) is 4. The highest BCUT2D eigenvalue weighted by Gasteiger charge is 2.68. The molecule has 37 heavy (non-hydrogen) atoms. The van der Waals surface area contributed by atoms with Crippen LogP contribution in [0.2, 0.25) is 0 Å². The third-order valence-electron chi connectivity index (χ3n) is 8.61. The molecule has 0 saturated heterocycles. The van der Waals surface area contributed by atoms with Gasteiger partial charge in [0.15, 0.2) is 0 Å². The maximum Gasteiger partial charge on any atom is 0.295 e. The zero-order valence-corrected chi connectivity index (χ0v) is 19.8. The average Bonchev–Trinajstić information content (AvgIpc) is 3.43. The average molecular weight is 473 g/mol. The van der Waals surface area contributed by atoms with Crippen LogP contribution in [0.3, 0.4) is 0 Å². The first-order valence-corrected chi connectivity index (χ1v) is 12.8. The monoisotopic (exact) mass is 472 g/mol. The molecule has 0 fully saturated rings. The minimum absolute atomic E-state index is 0.654. The molecule has 0 saturated carbocycles. The number of benzene rings is 6. The summed E-state index contributed by atoms with van der Waals surface area (Å²) in [5.74, 6) is -0.654. The lowest BCUT2D eigenvalue weighted by atomic mass is 9.98. The number of hydrogen-bond donors (Lipinski definition) is 0. The fourth-order valence-corrected chi connectivity index (χ4v) is 7.45. The van der Waals surface area contributed by atoms with Gasteiger partial charge in [0.25, 0.3) is 5.91 Å². The van der Waals surface area contributed by atoms with Crippen molar-refractivity contribution < 1.29 is 0 Å². The van der Waals surface area contributed by atoms with Gasteiger partial charge in [0.1, 0.15) is 0 Å². The lowest BCUT2D eigenvalue weighted by molar-refractivity contribution is 0.473. The molecule has 4 aliphatic heterocycles. The zero-order chi connectivity index (χ0) is 23.9. The Bertz CT molecular complexity index is 1710. The summed E-state index contributed by atoms with van der Waals surface area (Å²) in [6.45, 7) is 0. The van der Waals surface area contributed by atoms with Gasteiger partial charge in [-0.3, -0.25) is 19.6 Å². The Labute approximate surface area is 213 Å². The highest BCUT2D eigenvalue weighted by Crippen LogP contribution is 2.70. The van der Waals surface area contributed by atoms with E-state index in [0.29, 0.717) is 0 Å². The van der Waals surface area contributed by atoms with Gasteiger partial charge in [-0.15, -0.1) is 0 Å². The molecule has 0 atom stereocenters. The minimum atomic E-state index is -0.654. The second kappa shape index (κ2) is 5.88. The summed E-state index contributed by atoms with van der Waals surface area (Å²) in [5.41, 5.74) is 9.84. The van der Waals surface area contributed by atoms with Gasteiger partial charge in [0, 0.05) is 10.8 Å². The molecule has 0 radical (unpaired) electrons. The van der Waals surface area contributed by atoms with E-state index >= 15 is 0 Å². The van der Waals surface area contributed by atoms with Crippen molar-refractivity contribution in [2.75, 3.05) is 19.6 Å². The first-order chi connectivity index (χ1) is 18.4.